The SMILES string of the molecule is CCO.CNC[C@H](O)c1cccc(O)c1.Cl. The van der Waals surface area contributed by atoms with Gasteiger partial charge in [-0.05, 0) is 31.7 Å². The molecule has 0 saturated carbocycles. The van der Waals surface area contributed by atoms with E-state index in [0.717, 1.165) is 5.56 Å². The zero-order chi connectivity index (χ0) is 11.7. The molecule has 1 aromatic rings. The fourth-order valence-corrected chi connectivity index (χ4v) is 1.04. The summed E-state index contributed by atoms with van der Waals surface area (Å²) >= 11 is 0. The van der Waals surface area contributed by atoms with Gasteiger partial charge in [-0.25, -0.2) is 0 Å². The molecule has 0 aliphatic carbocycles. The minimum Gasteiger partial charge on any atom is -0.508 e. The largest absolute Gasteiger partial charge is 0.508 e. The number of aliphatic hydroxyl groups is 2. The van der Waals surface area contributed by atoms with Crippen LogP contribution in [0, 0.1) is 0 Å². The highest BCUT2D eigenvalue weighted by Crippen LogP contribution is 2.17. The summed E-state index contributed by atoms with van der Waals surface area (Å²) in [5.41, 5.74) is 0.726. The third kappa shape index (κ3) is 7.48. The molecule has 0 saturated heterocycles. The monoisotopic (exact) mass is 249 g/mol. The minimum absolute atomic E-state index is 0. The van der Waals surface area contributed by atoms with Crippen LogP contribution in [0.4, 0.5) is 0 Å². The van der Waals surface area contributed by atoms with E-state index in [1.807, 2.05) is 0 Å². The number of benzene rings is 1. The van der Waals surface area contributed by atoms with Gasteiger partial charge in [0, 0.05) is 13.2 Å². The number of phenolic OH excluding ortho intramolecular Hbond substituents is 1. The van der Waals surface area contributed by atoms with E-state index in [1.165, 1.54) is 0 Å². The number of hydrogen-bond donors (Lipinski definition) is 4. The molecule has 4 N–H and O–H groups in total. The minimum atomic E-state index is -0.554. The molecule has 0 radical (unpaired) electrons. The summed E-state index contributed by atoms with van der Waals surface area (Å²) < 4.78 is 0. The molecule has 0 bridgehead atoms. The number of hydrogen-bond acceptors (Lipinski definition) is 4. The van der Waals surface area contributed by atoms with Crippen LogP contribution in [0.25, 0.3) is 0 Å². The van der Waals surface area contributed by atoms with Gasteiger partial charge in [-0.1, -0.05) is 12.1 Å². The van der Waals surface area contributed by atoms with Gasteiger partial charge in [-0.3, -0.25) is 0 Å². The average Bonchev–Trinajstić information content (AvgIpc) is 2.19. The molecule has 0 spiro atoms. The first-order valence-electron chi connectivity index (χ1n) is 4.88. The van der Waals surface area contributed by atoms with Crippen molar-refractivity contribution in [2.75, 3.05) is 20.2 Å². The zero-order valence-corrected chi connectivity index (χ0v) is 10.4. The molecule has 4 nitrogen and oxygen atoms in total. The molecule has 16 heavy (non-hydrogen) atoms. The third-order valence-electron chi connectivity index (χ3n) is 1.65. The lowest BCUT2D eigenvalue weighted by Crippen LogP contribution is -2.16. The molecular weight excluding hydrogens is 230 g/mol. The Balaban J connectivity index is 0. The predicted octanol–water partition coefficient (Wildman–Crippen LogP) is 1.07. The molecule has 5 heteroatoms. The van der Waals surface area contributed by atoms with E-state index in [9.17, 15) is 5.11 Å². The van der Waals surface area contributed by atoms with E-state index in [1.54, 1.807) is 38.2 Å². The molecule has 0 fully saturated rings. The fraction of sp³-hybridized carbons (Fsp3) is 0.455. The molecule has 0 unspecified atom stereocenters. The van der Waals surface area contributed by atoms with Crippen LogP contribution >= 0.6 is 12.4 Å². The average molecular weight is 250 g/mol. The Hall–Kier alpha value is -0.810. The summed E-state index contributed by atoms with van der Waals surface area (Å²) in [7, 11) is 1.77. The van der Waals surface area contributed by atoms with E-state index in [-0.39, 0.29) is 24.8 Å². The first-order valence-corrected chi connectivity index (χ1v) is 4.88. The first-order chi connectivity index (χ1) is 7.15. The van der Waals surface area contributed by atoms with Crippen LogP contribution in [0.3, 0.4) is 0 Å². The molecule has 1 atom stereocenters. The van der Waals surface area contributed by atoms with Gasteiger partial charge in [-0.2, -0.15) is 0 Å². The molecule has 0 amide bonds. The van der Waals surface area contributed by atoms with Gasteiger partial charge in [0.25, 0.3) is 0 Å². The fourth-order valence-electron chi connectivity index (χ4n) is 1.04. The lowest BCUT2D eigenvalue weighted by Gasteiger charge is -2.09. The molecule has 0 aliphatic heterocycles. The van der Waals surface area contributed by atoms with Gasteiger partial charge >= 0.3 is 0 Å². The van der Waals surface area contributed by atoms with Crippen LogP contribution in [0.15, 0.2) is 24.3 Å². The Labute approximate surface area is 102 Å². The molecule has 0 aromatic heterocycles. The van der Waals surface area contributed by atoms with Crippen molar-refractivity contribution in [1.82, 2.24) is 5.32 Å². The van der Waals surface area contributed by atoms with Gasteiger partial charge in [-0.15, -0.1) is 12.4 Å². The van der Waals surface area contributed by atoms with Crippen molar-refractivity contribution in [1.29, 1.82) is 0 Å². The molecule has 0 heterocycles. The van der Waals surface area contributed by atoms with Crippen molar-refractivity contribution in [2.24, 2.45) is 0 Å². The van der Waals surface area contributed by atoms with Gasteiger partial charge in [0.15, 0.2) is 0 Å². The van der Waals surface area contributed by atoms with Gasteiger partial charge < -0.3 is 20.6 Å². The summed E-state index contributed by atoms with van der Waals surface area (Å²) in [6, 6.07) is 6.63. The van der Waals surface area contributed by atoms with Crippen molar-refractivity contribution < 1.29 is 15.3 Å². The van der Waals surface area contributed by atoms with Gasteiger partial charge in [0.05, 0.1) is 6.10 Å². The van der Waals surface area contributed by atoms with Crippen molar-refractivity contribution in [2.45, 2.75) is 13.0 Å². The van der Waals surface area contributed by atoms with Crippen molar-refractivity contribution in [3.8, 4) is 5.75 Å². The maximum atomic E-state index is 9.47. The van der Waals surface area contributed by atoms with Gasteiger partial charge in [0.2, 0.25) is 0 Å². The van der Waals surface area contributed by atoms with Crippen LogP contribution in [0.5, 0.6) is 5.75 Å². The Kier molecular flexibility index (Phi) is 11.8. The van der Waals surface area contributed by atoms with E-state index < -0.39 is 6.10 Å². The van der Waals surface area contributed by atoms with E-state index in [0.29, 0.717) is 6.54 Å². The van der Waals surface area contributed by atoms with Crippen LogP contribution in [0.1, 0.15) is 18.6 Å². The number of rotatable bonds is 3. The number of nitrogens with one attached hydrogen (secondary N) is 1. The molecule has 0 aliphatic rings. The summed E-state index contributed by atoms with van der Waals surface area (Å²) in [4.78, 5) is 0. The molecule has 94 valence electrons. The second kappa shape index (κ2) is 10.7. The lowest BCUT2D eigenvalue weighted by molar-refractivity contribution is 0.177. The van der Waals surface area contributed by atoms with Crippen LogP contribution < -0.4 is 5.32 Å². The smallest absolute Gasteiger partial charge is 0.115 e. The highest BCUT2D eigenvalue weighted by atomic mass is 35.5. The number of aliphatic hydroxyl groups excluding tert-OH is 2. The second-order valence-electron chi connectivity index (χ2n) is 2.98. The predicted molar refractivity (Wildman–Crippen MR) is 67.0 cm³/mol. The first kappa shape index (κ1) is 17.6. The normalized spacial score (nSPS) is 10.8. The van der Waals surface area contributed by atoms with E-state index >= 15 is 0 Å². The van der Waals surface area contributed by atoms with E-state index in [2.05, 4.69) is 5.32 Å². The highest BCUT2D eigenvalue weighted by molar-refractivity contribution is 5.85. The summed E-state index contributed by atoms with van der Waals surface area (Å²) in [5, 5.41) is 29.0. The maximum Gasteiger partial charge on any atom is 0.115 e. The Morgan fingerprint density at radius 2 is 1.94 bits per heavy atom. The number of likely N-dealkylation sites (N-methyl/N-ethyl adjacent to an activating group) is 1. The summed E-state index contributed by atoms with van der Waals surface area (Å²) in [6.45, 7) is 2.42. The number of halogens is 1. The van der Waals surface area contributed by atoms with Gasteiger partial charge in [0.1, 0.15) is 5.75 Å². The summed E-state index contributed by atoms with van der Waals surface area (Å²) in [5.74, 6) is 0.183. The molecule has 1 aromatic carbocycles. The molecular formula is C11H20ClNO3. The van der Waals surface area contributed by atoms with Crippen LogP contribution in [-0.4, -0.2) is 35.5 Å². The Bertz CT molecular complexity index is 271. The third-order valence-corrected chi connectivity index (χ3v) is 1.65. The number of aromatic hydroxyl groups is 1. The van der Waals surface area contributed by atoms with Crippen molar-refractivity contribution in [3.05, 3.63) is 29.8 Å². The van der Waals surface area contributed by atoms with Crippen molar-refractivity contribution in [3.63, 3.8) is 0 Å². The Morgan fingerprint density at radius 1 is 1.38 bits per heavy atom. The van der Waals surface area contributed by atoms with Crippen molar-refractivity contribution >= 4 is 12.4 Å². The zero-order valence-electron chi connectivity index (χ0n) is 9.55. The van der Waals surface area contributed by atoms with Crippen LogP contribution in [0.2, 0.25) is 0 Å². The molecule has 1 rings (SSSR count). The standard InChI is InChI=1S/C9H13NO2.C2H6O.ClH/c1-10-6-9(12)7-3-2-4-8(11)5-7;1-2-3;/h2-5,9-12H,6H2,1H3;3H,2H2,1H3;1H/t9-;;/m0../s1. The lowest BCUT2D eigenvalue weighted by atomic mass is 10.1. The van der Waals surface area contributed by atoms with Crippen LogP contribution in [-0.2, 0) is 0 Å². The summed E-state index contributed by atoms with van der Waals surface area (Å²) in [6.07, 6.45) is -0.554. The topological polar surface area (TPSA) is 72.7 Å². The van der Waals surface area contributed by atoms with E-state index in [4.69, 9.17) is 10.2 Å². The highest BCUT2D eigenvalue weighted by Gasteiger charge is 2.05. The second-order valence-corrected chi connectivity index (χ2v) is 2.98. The maximum absolute atomic E-state index is 9.47. The quantitative estimate of drug-likeness (QED) is 0.647. The number of phenols is 1. The Morgan fingerprint density at radius 3 is 2.38 bits per heavy atom.